The summed E-state index contributed by atoms with van der Waals surface area (Å²) in [5.41, 5.74) is 1.31. The van der Waals surface area contributed by atoms with Gasteiger partial charge in [-0.25, -0.2) is 0 Å². The zero-order valence-corrected chi connectivity index (χ0v) is 17.5. The number of amides is 1. The van der Waals surface area contributed by atoms with E-state index in [0.29, 0.717) is 26.3 Å². The molecule has 1 aromatic rings. The lowest BCUT2D eigenvalue weighted by Gasteiger charge is -2.27. The van der Waals surface area contributed by atoms with E-state index in [4.69, 9.17) is 9.47 Å². The molecule has 0 atom stereocenters. The summed E-state index contributed by atoms with van der Waals surface area (Å²) in [7, 11) is 0. The van der Waals surface area contributed by atoms with Gasteiger partial charge in [0.05, 0.1) is 19.8 Å². The van der Waals surface area contributed by atoms with Gasteiger partial charge in [0.1, 0.15) is 0 Å². The van der Waals surface area contributed by atoms with Gasteiger partial charge in [-0.15, -0.1) is 0 Å². The molecule has 0 radical (unpaired) electrons. The Balaban J connectivity index is 2.25. The van der Waals surface area contributed by atoms with Gasteiger partial charge in [0.25, 0.3) is 0 Å². The van der Waals surface area contributed by atoms with E-state index < -0.39 is 0 Å². The molecule has 1 aromatic carbocycles. The van der Waals surface area contributed by atoms with Crippen LogP contribution in [-0.4, -0.2) is 43.7 Å². The summed E-state index contributed by atoms with van der Waals surface area (Å²) in [6, 6.07) is 6.05. The third kappa shape index (κ3) is 7.79. The number of para-hydroxylation sites is 1. The standard InChI is InChI=1S/C22H36N2O3/c1-5-26-19-11-9-10-18-16-24(14-12-22(2,3)4)17-20(25)23-13-7-6-8-15-27-21(18)19/h9-11H,5-8,12-17H2,1-4H3,(H,23,25). The monoisotopic (exact) mass is 376 g/mol. The van der Waals surface area contributed by atoms with E-state index >= 15 is 0 Å². The Morgan fingerprint density at radius 1 is 1.19 bits per heavy atom. The van der Waals surface area contributed by atoms with Crippen LogP contribution in [-0.2, 0) is 11.3 Å². The van der Waals surface area contributed by atoms with Crippen LogP contribution in [0.3, 0.4) is 0 Å². The molecule has 27 heavy (non-hydrogen) atoms. The Morgan fingerprint density at radius 2 is 2.00 bits per heavy atom. The van der Waals surface area contributed by atoms with Gasteiger partial charge in [0, 0.05) is 18.7 Å². The average molecular weight is 377 g/mol. The fourth-order valence-electron chi connectivity index (χ4n) is 3.13. The van der Waals surface area contributed by atoms with Crippen molar-refractivity contribution < 1.29 is 14.3 Å². The first-order valence-corrected chi connectivity index (χ1v) is 10.3. The lowest BCUT2D eigenvalue weighted by atomic mass is 9.92. The number of carbonyl (C=O) groups excluding carboxylic acids is 1. The third-order valence-corrected chi connectivity index (χ3v) is 4.69. The molecule has 152 valence electrons. The van der Waals surface area contributed by atoms with Crippen LogP contribution in [0, 0.1) is 5.41 Å². The number of fused-ring (bicyclic) bond motifs is 1. The molecular formula is C22H36N2O3. The second-order valence-electron chi connectivity index (χ2n) is 8.46. The quantitative estimate of drug-likeness (QED) is 0.863. The summed E-state index contributed by atoms with van der Waals surface area (Å²) >= 11 is 0. The van der Waals surface area contributed by atoms with Gasteiger partial charge in [-0.05, 0) is 50.6 Å². The molecule has 0 unspecified atom stereocenters. The Kier molecular flexibility index (Phi) is 8.42. The van der Waals surface area contributed by atoms with Gasteiger partial charge in [0.2, 0.25) is 5.91 Å². The Hall–Kier alpha value is -1.75. The molecule has 1 heterocycles. The van der Waals surface area contributed by atoms with E-state index in [1.165, 1.54) is 0 Å². The zero-order chi connectivity index (χ0) is 19.7. The third-order valence-electron chi connectivity index (χ3n) is 4.69. The van der Waals surface area contributed by atoms with Crippen molar-refractivity contribution >= 4 is 5.91 Å². The summed E-state index contributed by atoms with van der Waals surface area (Å²) in [4.78, 5) is 14.6. The molecule has 0 aliphatic carbocycles. The molecule has 1 amide bonds. The first-order valence-electron chi connectivity index (χ1n) is 10.3. The summed E-state index contributed by atoms with van der Waals surface area (Å²) in [5, 5.41) is 3.06. The predicted molar refractivity (Wildman–Crippen MR) is 109 cm³/mol. The normalized spacial score (nSPS) is 17.6. The first-order chi connectivity index (χ1) is 12.9. The number of ether oxygens (including phenoxy) is 2. The van der Waals surface area contributed by atoms with E-state index in [9.17, 15) is 4.79 Å². The Bertz CT molecular complexity index is 596. The maximum absolute atomic E-state index is 12.4. The largest absolute Gasteiger partial charge is 0.490 e. The van der Waals surface area contributed by atoms with Crippen molar-refractivity contribution in [3.63, 3.8) is 0 Å². The molecule has 0 saturated heterocycles. The summed E-state index contributed by atoms with van der Waals surface area (Å²) < 4.78 is 11.9. The minimum absolute atomic E-state index is 0.103. The van der Waals surface area contributed by atoms with Gasteiger partial charge in [-0.3, -0.25) is 9.69 Å². The fraction of sp³-hybridized carbons (Fsp3) is 0.682. The smallest absolute Gasteiger partial charge is 0.234 e. The summed E-state index contributed by atoms with van der Waals surface area (Å²) in [6.07, 6.45) is 4.03. The summed E-state index contributed by atoms with van der Waals surface area (Å²) in [6.45, 7) is 12.7. The maximum Gasteiger partial charge on any atom is 0.234 e. The number of rotatable bonds is 4. The highest BCUT2D eigenvalue weighted by Crippen LogP contribution is 2.33. The molecule has 0 saturated carbocycles. The van der Waals surface area contributed by atoms with Crippen LogP contribution in [0.1, 0.15) is 58.9 Å². The number of benzene rings is 1. The van der Waals surface area contributed by atoms with Crippen molar-refractivity contribution in [2.45, 2.75) is 59.9 Å². The van der Waals surface area contributed by atoms with Crippen LogP contribution in [0.25, 0.3) is 0 Å². The van der Waals surface area contributed by atoms with Crippen LogP contribution in [0.4, 0.5) is 0 Å². The zero-order valence-electron chi connectivity index (χ0n) is 17.5. The van der Waals surface area contributed by atoms with Crippen molar-refractivity contribution in [1.82, 2.24) is 10.2 Å². The number of nitrogens with zero attached hydrogens (tertiary/aromatic N) is 1. The molecule has 0 aromatic heterocycles. The van der Waals surface area contributed by atoms with Gasteiger partial charge < -0.3 is 14.8 Å². The highest BCUT2D eigenvalue weighted by Gasteiger charge is 2.19. The van der Waals surface area contributed by atoms with Crippen LogP contribution in [0.15, 0.2) is 18.2 Å². The van der Waals surface area contributed by atoms with Crippen molar-refractivity contribution in [1.29, 1.82) is 0 Å². The highest BCUT2D eigenvalue weighted by molar-refractivity contribution is 5.78. The molecule has 5 heteroatoms. The topological polar surface area (TPSA) is 50.8 Å². The van der Waals surface area contributed by atoms with Crippen LogP contribution in [0.5, 0.6) is 11.5 Å². The van der Waals surface area contributed by atoms with E-state index in [1.54, 1.807) is 0 Å². The minimum atomic E-state index is 0.103. The highest BCUT2D eigenvalue weighted by atomic mass is 16.5. The summed E-state index contributed by atoms with van der Waals surface area (Å²) in [5.74, 6) is 1.73. The molecule has 5 nitrogen and oxygen atoms in total. The lowest BCUT2D eigenvalue weighted by molar-refractivity contribution is -0.122. The van der Waals surface area contributed by atoms with Gasteiger partial charge in [-0.1, -0.05) is 32.9 Å². The second-order valence-corrected chi connectivity index (χ2v) is 8.46. The molecule has 0 bridgehead atoms. The van der Waals surface area contributed by atoms with Crippen LogP contribution >= 0.6 is 0 Å². The second kappa shape index (κ2) is 10.5. The van der Waals surface area contributed by atoms with Crippen molar-refractivity contribution in [3.8, 4) is 11.5 Å². The van der Waals surface area contributed by atoms with Crippen molar-refractivity contribution in [2.75, 3.05) is 32.8 Å². The van der Waals surface area contributed by atoms with Gasteiger partial charge in [-0.2, -0.15) is 0 Å². The molecule has 1 N–H and O–H groups in total. The molecule has 1 aliphatic heterocycles. The number of hydrogen-bond donors (Lipinski definition) is 1. The number of nitrogens with one attached hydrogen (secondary N) is 1. The number of hydrogen-bond acceptors (Lipinski definition) is 4. The Morgan fingerprint density at radius 3 is 2.74 bits per heavy atom. The van der Waals surface area contributed by atoms with Crippen molar-refractivity contribution in [3.05, 3.63) is 23.8 Å². The molecule has 1 aliphatic rings. The molecule has 2 rings (SSSR count). The SMILES string of the molecule is CCOc1cccc2c1OCCCCCNC(=O)CN(CCC(C)(C)C)C2. The molecule has 0 spiro atoms. The van der Waals surface area contributed by atoms with E-state index in [-0.39, 0.29) is 11.3 Å². The van der Waals surface area contributed by atoms with E-state index in [2.05, 4.69) is 37.1 Å². The van der Waals surface area contributed by atoms with Gasteiger partial charge in [0.15, 0.2) is 11.5 Å². The van der Waals surface area contributed by atoms with Crippen LogP contribution < -0.4 is 14.8 Å². The van der Waals surface area contributed by atoms with Gasteiger partial charge >= 0.3 is 0 Å². The van der Waals surface area contributed by atoms with E-state index in [1.807, 2.05) is 19.1 Å². The fourth-order valence-corrected chi connectivity index (χ4v) is 3.13. The minimum Gasteiger partial charge on any atom is -0.490 e. The van der Waals surface area contributed by atoms with Crippen molar-refractivity contribution in [2.24, 2.45) is 5.41 Å². The maximum atomic E-state index is 12.4. The molecular weight excluding hydrogens is 340 g/mol. The Labute approximate surface area is 164 Å². The number of carbonyl (C=O) groups is 1. The average Bonchev–Trinajstić information content (AvgIpc) is 2.61. The predicted octanol–water partition coefficient (Wildman–Crippen LogP) is 4.00. The first kappa shape index (κ1) is 21.5. The lowest BCUT2D eigenvalue weighted by Crippen LogP contribution is -2.38. The van der Waals surface area contributed by atoms with E-state index in [0.717, 1.165) is 55.8 Å². The van der Waals surface area contributed by atoms with Crippen LogP contribution in [0.2, 0.25) is 0 Å². The molecule has 0 fully saturated rings.